The number of piperidine rings is 1. The first-order valence-electron chi connectivity index (χ1n) is 16.4. The maximum Gasteiger partial charge on any atom is 0.254 e. The lowest BCUT2D eigenvalue weighted by Crippen LogP contribution is -2.41. The molecular weight excluding hydrogens is 576 g/mol. The van der Waals surface area contributed by atoms with Crippen molar-refractivity contribution in [3.8, 4) is 29.1 Å². The lowest BCUT2D eigenvalue weighted by Gasteiger charge is -2.27. The number of carbonyl (C=O) groups is 1. The number of nitrogens with two attached hydrogens (primary N) is 1. The monoisotopic (exact) mass is 614 g/mol. The summed E-state index contributed by atoms with van der Waals surface area (Å²) in [6, 6.07) is 24.0. The minimum absolute atomic E-state index is 0.00221. The molecule has 1 saturated heterocycles. The SMILES string of the molecule is COc1cc(C(=O)N2C[C@H]3CC[C@@H]2[C@@H]3N)cc2nc(-c3cc4ccccc4n3CC3CC3)n(CCCOc3ccc(C#N)cc3)c12. The summed E-state index contributed by atoms with van der Waals surface area (Å²) in [7, 11) is 1.66. The first-order valence-corrected chi connectivity index (χ1v) is 16.4. The number of hydrogen-bond donors (Lipinski definition) is 1. The molecule has 46 heavy (non-hydrogen) atoms. The third-order valence-electron chi connectivity index (χ3n) is 10.1. The van der Waals surface area contributed by atoms with Crippen LogP contribution in [0.5, 0.6) is 11.5 Å². The Balaban J connectivity index is 1.19. The summed E-state index contributed by atoms with van der Waals surface area (Å²) in [6.45, 7) is 2.80. The van der Waals surface area contributed by atoms with E-state index >= 15 is 0 Å². The Hall–Kier alpha value is -4.81. The third-order valence-corrected chi connectivity index (χ3v) is 10.1. The predicted molar refractivity (Wildman–Crippen MR) is 177 cm³/mol. The first kappa shape index (κ1) is 28.6. The highest BCUT2D eigenvalue weighted by atomic mass is 16.5. The van der Waals surface area contributed by atoms with Crippen LogP contribution in [0.4, 0.5) is 0 Å². The molecule has 8 rings (SSSR count). The molecule has 1 amide bonds. The lowest BCUT2D eigenvalue weighted by atomic mass is 10.1. The van der Waals surface area contributed by atoms with Crippen LogP contribution in [-0.4, -0.2) is 57.3 Å². The number of imidazole rings is 1. The van der Waals surface area contributed by atoms with Crippen LogP contribution in [0.2, 0.25) is 0 Å². The summed E-state index contributed by atoms with van der Waals surface area (Å²) in [5.74, 6) is 3.27. The minimum atomic E-state index is -0.00221. The summed E-state index contributed by atoms with van der Waals surface area (Å²) in [6.07, 6.45) is 5.27. The zero-order valence-corrected chi connectivity index (χ0v) is 26.1. The molecule has 0 radical (unpaired) electrons. The smallest absolute Gasteiger partial charge is 0.254 e. The van der Waals surface area contributed by atoms with Crippen molar-refractivity contribution in [3.63, 3.8) is 0 Å². The van der Waals surface area contributed by atoms with Crippen molar-refractivity contribution in [2.24, 2.45) is 17.6 Å². The van der Waals surface area contributed by atoms with E-state index in [1.165, 1.54) is 23.7 Å². The van der Waals surface area contributed by atoms with Gasteiger partial charge in [0.2, 0.25) is 0 Å². The second-order valence-corrected chi connectivity index (χ2v) is 13.1. The van der Waals surface area contributed by atoms with Crippen LogP contribution >= 0.6 is 0 Å². The molecule has 9 nitrogen and oxygen atoms in total. The Morgan fingerprint density at radius 3 is 2.59 bits per heavy atom. The number of aromatic nitrogens is 3. The molecule has 2 saturated carbocycles. The Morgan fingerprint density at radius 2 is 1.87 bits per heavy atom. The zero-order valence-electron chi connectivity index (χ0n) is 26.1. The largest absolute Gasteiger partial charge is 0.494 e. The van der Waals surface area contributed by atoms with Gasteiger partial charge in [-0.05, 0) is 92.5 Å². The Kier molecular flexibility index (Phi) is 7.18. The highest BCUT2D eigenvalue weighted by molar-refractivity contribution is 6.00. The second kappa shape index (κ2) is 11.5. The third kappa shape index (κ3) is 4.97. The molecule has 3 fully saturated rings. The van der Waals surface area contributed by atoms with Gasteiger partial charge >= 0.3 is 0 Å². The van der Waals surface area contributed by atoms with E-state index in [-0.39, 0.29) is 18.0 Å². The number of para-hydroxylation sites is 1. The van der Waals surface area contributed by atoms with E-state index in [0.29, 0.717) is 48.4 Å². The fourth-order valence-electron chi connectivity index (χ4n) is 7.56. The van der Waals surface area contributed by atoms with Crippen LogP contribution in [0.25, 0.3) is 33.5 Å². The van der Waals surface area contributed by atoms with Gasteiger partial charge in [-0.3, -0.25) is 4.79 Å². The fraction of sp³-hybridized carbons (Fsp3) is 0.378. The molecule has 2 N–H and O–H groups in total. The van der Waals surface area contributed by atoms with Crippen molar-refractivity contribution in [2.45, 2.75) is 57.3 Å². The molecule has 3 aromatic carbocycles. The topological polar surface area (TPSA) is 111 Å². The standard InChI is InChI=1S/C37H38N6O3/c1-45-33-19-27(37(44)43-22-26-11-14-31(43)34(26)39)17-29-35(33)41(15-4-16-46-28-12-9-23(20-38)10-13-28)36(40-29)32-18-25-5-2-3-6-30(25)42(32)21-24-7-8-24/h2-3,5-6,9-10,12-13,17-19,24,26,31,34H,4,7-8,11,14-16,21-22,39H2,1H3/t26-,31-,34-/m1/s1. The molecule has 1 aliphatic heterocycles. The molecule has 234 valence electrons. The Labute approximate surface area is 268 Å². The van der Waals surface area contributed by atoms with E-state index in [9.17, 15) is 4.79 Å². The summed E-state index contributed by atoms with van der Waals surface area (Å²) in [4.78, 5) is 21.1. The Bertz CT molecular complexity index is 1980. The van der Waals surface area contributed by atoms with Gasteiger partial charge in [0.15, 0.2) is 5.82 Å². The number of aryl methyl sites for hydroxylation is 1. The van der Waals surface area contributed by atoms with Crippen molar-refractivity contribution >= 4 is 27.8 Å². The quantitative estimate of drug-likeness (QED) is 0.194. The number of carbonyl (C=O) groups excluding carboxylic acids is 1. The molecule has 3 heterocycles. The first-order chi connectivity index (χ1) is 22.5. The van der Waals surface area contributed by atoms with Crippen molar-refractivity contribution in [1.29, 1.82) is 5.26 Å². The van der Waals surface area contributed by atoms with Crippen molar-refractivity contribution in [3.05, 3.63) is 77.9 Å². The van der Waals surface area contributed by atoms with Gasteiger partial charge in [-0.15, -0.1) is 0 Å². The van der Waals surface area contributed by atoms with E-state index in [1.54, 1.807) is 19.2 Å². The van der Waals surface area contributed by atoms with Crippen LogP contribution in [0, 0.1) is 23.2 Å². The molecule has 2 aromatic heterocycles. The number of benzene rings is 3. The lowest BCUT2D eigenvalue weighted by molar-refractivity contribution is 0.0700. The highest BCUT2D eigenvalue weighted by Gasteiger charge is 2.47. The number of nitriles is 1. The van der Waals surface area contributed by atoms with Gasteiger partial charge in [0.1, 0.15) is 17.0 Å². The molecule has 0 unspecified atom stereocenters. The maximum atomic E-state index is 13.9. The van der Waals surface area contributed by atoms with Gasteiger partial charge in [0.25, 0.3) is 5.91 Å². The minimum Gasteiger partial charge on any atom is -0.494 e. The normalized spacial score (nSPS) is 20.5. The van der Waals surface area contributed by atoms with E-state index in [4.69, 9.17) is 25.5 Å². The number of methoxy groups -OCH3 is 1. The number of likely N-dealkylation sites (tertiary alicyclic amines) is 1. The van der Waals surface area contributed by atoms with Gasteiger partial charge in [0, 0.05) is 48.2 Å². The van der Waals surface area contributed by atoms with E-state index in [2.05, 4.69) is 45.5 Å². The van der Waals surface area contributed by atoms with Gasteiger partial charge < -0.3 is 29.2 Å². The van der Waals surface area contributed by atoms with Crippen LogP contribution < -0.4 is 15.2 Å². The second-order valence-electron chi connectivity index (χ2n) is 13.1. The van der Waals surface area contributed by atoms with Gasteiger partial charge in [0.05, 0.1) is 36.6 Å². The summed E-state index contributed by atoms with van der Waals surface area (Å²) < 4.78 is 16.7. The molecule has 3 aliphatic rings. The van der Waals surface area contributed by atoms with Crippen molar-refractivity contribution in [1.82, 2.24) is 19.0 Å². The van der Waals surface area contributed by atoms with E-state index in [0.717, 1.165) is 54.1 Å². The number of amides is 1. The molecule has 9 heteroatoms. The Morgan fingerprint density at radius 1 is 1.04 bits per heavy atom. The molecular formula is C37H38N6O3. The molecule has 0 spiro atoms. The van der Waals surface area contributed by atoms with Gasteiger partial charge in [-0.2, -0.15) is 5.26 Å². The zero-order chi connectivity index (χ0) is 31.4. The van der Waals surface area contributed by atoms with E-state index < -0.39 is 0 Å². The number of rotatable bonds is 10. The molecule has 5 aromatic rings. The average molecular weight is 615 g/mol. The van der Waals surface area contributed by atoms with Gasteiger partial charge in [-0.1, -0.05) is 18.2 Å². The van der Waals surface area contributed by atoms with Crippen LogP contribution in [0.1, 0.15) is 48.0 Å². The molecule has 2 bridgehead atoms. The number of nitrogens with zero attached hydrogens (tertiary/aromatic N) is 5. The predicted octanol–water partition coefficient (Wildman–Crippen LogP) is 5.98. The number of hydrogen-bond acceptors (Lipinski definition) is 6. The summed E-state index contributed by atoms with van der Waals surface area (Å²) in [5, 5.41) is 10.3. The van der Waals surface area contributed by atoms with Crippen molar-refractivity contribution in [2.75, 3.05) is 20.3 Å². The van der Waals surface area contributed by atoms with E-state index in [1.807, 2.05) is 29.2 Å². The van der Waals surface area contributed by atoms with Crippen LogP contribution in [-0.2, 0) is 13.1 Å². The van der Waals surface area contributed by atoms with Crippen molar-refractivity contribution < 1.29 is 14.3 Å². The maximum absolute atomic E-state index is 13.9. The average Bonchev–Trinajstić information content (AvgIpc) is 3.44. The summed E-state index contributed by atoms with van der Waals surface area (Å²) in [5.41, 5.74) is 11.5. The highest BCUT2D eigenvalue weighted by Crippen LogP contribution is 2.40. The van der Waals surface area contributed by atoms with Crippen LogP contribution in [0.15, 0.2) is 66.7 Å². The van der Waals surface area contributed by atoms with Gasteiger partial charge in [-0.25, -0.2) is 4.98 Å². The fourth-order valence-corrected chi connectivity index (χ4v) is 7.56. The molecule has 2 aliphatic carbocycles. The van der Waals surface area contributed by atoms with Crippen LogP contribution in [0.3, 0.4) is 0 Å². The number of fused-ring (bicyclic) bond motifs is 4. The summed E-state index contributed by atoms with van der Waals surface area (Å²) >= 11 is 0. The number of ether oxygens (including phenoxy) is 2. The molecule has 3 atom stereocenters.